The van der Waals surface area contributed by atoms with Gasteiger partial charge >= 0.3 is 12.2 Å². The Bertz CT molecular complexity index is 1120. The number of likely N-dealkylation sites (tertiary alicyclic amines) is 2. The number of hydrogen-bond donors (Lipinski definition) is 1. The van der Waals surface area contributed by atoms with Gasteiger partial charge < -0.3 is 19.7 Å². The number of amides is 2. The van der Waals surface area contributed by atoms with Crippen molar-refractivity contribution in [1.29, 1.82) is 0 Å². The van der Waals surface area contributed by atoms with E-state index >= 15 is 0 Å². The third-order valence-corrected chi connectivity index (χ3v) is 8.10. The molecular weight excluding hydrogens is 406 g/mol. The van der Waals surface area contributed by atoms with Crippen molar-refractivity contribution in [2.24, 2.45) is 0 Å². The summed E-state index contributed by atoms with van der Waals surface area (Å²) in [5.74, 6) is 0.335. The average Bonchev–Trinajstić information content (AvgIpc) is 3.56. The Morgan fingerprint density at radius 3 is 2.53 bits per heavy atom. The van der Waals surface area contributed by atoms with Crippen LogP contribution in [0.4, 0.5) is 15.3 Å². The molecule has 0 aromatic heterocycles. The molecule has 2 amide bonds. The second kappa shape index (κ2) is 6.89. The van der Waals surface area contributed by atoms with Crippen LogP contribution >= 0.6 is 0 Å². The summed E-state index contributed by atoms with van der Waals surface area (Å²) in [5.41, 5.74) is 5.89. The summed E-state index contributed by atoms with van der Waals surface area (Å²) in [6, 6.07) is 15.1. The summed E-state index contributed by atoms with van der Waals surface area (Å²) < 4.78 is 10.2. The molecule has 166 valence electrons. The predicted molar refractivity (Wildman–Crippen MR) is 119 cm³/mol. The maximum atomic E-state index is 12.6. The zero-order valence-corrected chi connectivity index (χ0v) is 18.3. The van der Waals surface area contributed by atoms with E-state index in [0.717, 1.165) is 31.5 Å². The molecule has 1 aliphatic carbocycles. The highest BCUT2D eigenvalue weighted by atomic mass is 16.5. The molecule has 7 heteroatoms. The zero-order chi connectivity index (χ0) is 22.0. The van der Waals surface area contributed by atoms with E-state index in [0.29, 0.717) is 12.5 Å². The Hall–Kier alpha value is -3.22. The number of carbonyl (C=O) groups excluding carboxylic acids is 2. The van der Waals surface area contributed by atoms with Crippen LogP contribution in [0.25, 0.3) is 0 Å². The number of nitrogens with one attached hydrogen (secondary N) is 1. The van der Waals surface area contributed by atoms with Crippen LogP contribution in [0.5, 0.6) is 0 Å². The minimum atomic E-state index is -0.342. The highest BCUT2D eigenvalue weighted by Gasteiger charge is 2.58. The van der Waals surface area contributed by atoms with E-state index in [-0.39, 0.29) is 29.8 Å². The number of anilines is 1. The fraction of sp³-hybridized carbons (Fsp3) is 0.440. The molecule has 2 aromatic carbocycles. The third-order valence-electron chi connectivity index (χ3n) is 8.10. The van der Waals surface area contributed by atoms with Gasteiger partial charge in [-0.25, -0.2) is 9.59 Å². The van der Waals surface area contributed by atoms with Gasteiger partial charge in [0.25, 0.3) is 0 Å². The Morgan fingerprint density at radius 2 is 1.72 bits per heavy atom. The third kappa shape index (κ3) is 2.36. The molecule has 4 aliphatic rings. The number of methoxy groups -OCH3 is 2. The van der Waals surface area contributed by atoms with Crippen LogP contribution < -0.4 is 5.32 Å². The van der Waals surface area contributed by atoms with Crippen molar-refractivity contribution in [2.45, 2.75) is 42.8 Å². The first kappa shape index (κ1) is 19.5. The summed E-state index contributed by atoms with van der Waals surface area (Å²) in [5, 5.41) is 3.62. The van der Waals surface area contributed by atoms with Crippen LogP contribution in [-0.2, 0) is 21.3 Å². The minimum absolute atomic E-state index is 0.135. The summed E-state index contributed by atoms with van der Waals surface area (Å²) in [4.78, 5) is 28.7. The van der Waals surface area contributed by atoms with Crippen molar-refractivity contribution < 1.29 is 19.1 Å². The minimum Gasteiger partial charge on any atom is -0.453 e. The molecule has 6 rings (SSSR count). The van der Waals surface area contributed by atoms with Gasteiger partial charge in [0.05, 0.1) is 19.6 Å². The van der Waals surface area contributed by atoms with Gasteiger partial charge in [-0.1, -0.05) is 36.4 Å². The molecule has 0 spiro atoms. The molecule has 0 radical (unpaired) electrons. The van der Waals surface area contributed by atoms with Gasteiger partial charge in [-0.2, -0.15) is 0 Å². The predicted octanol–water partition coefficient (Wildman–Crippen LogP) is 3.68. The first-order valence-electron chi connectivity index (χ1n) is 11.3. The zero-order valence-electron chi connectivity index (χ0n) is 18.3. The van der Waals surface area contributed by atoms with Crippen molar-refractivity contribution >= 4 is 17.9 Å². The number of nitrogens with zero attached hydrogens (tertiary/aromatic N) is 2. The van der Waals surface area contributed by atoms with E-state index in [9.17, 15) is 9.59 Å². The number of carbonyl (C=O) groups is 2. The molecule has 2 aromatic rings. The largest absolute Gasteiger partial charge is 0.453 e. The lowest BCUT2D eigenvalue weighted by Crippen LogP contribution is -2.47. The molecule has 3 heterocycles. The average molecular weight is 434 g/mol. The molecule has 7 nitrogen and oxygen atoms in total. The molecular formula is C25H27N3O4. The second-order valence-corrected chi connectivity index (χ2v) is 9.18. The highest BCUT2D eigenvalue weighted by molar-refractivity contribution is 5.76. The first-order chi connectivity index (χ1) is 15.6. The Morgan fingerprint density at radius 1 is 0.969 bits per heavy atom. The number of para-hydroxylation sites is 1. The normalized spacial score (nSPS) is 29.1. The standard InChI is InChI=1S/C25H27N3O4/c1-31-23(29)27-12-10-16-15-6-5-8-18(17(15)14-21(16)27)25-11-13-28(24(30)32-2)22(25)26-20-9-4-3-7-19(20)25/h3-9,16,21-22,26H,10-14H2,1-2H3/t16-,21?,22+,25-/m0/s1. The van der Waals surface area contributed by atoms with E-state index in [4.69, 9.17) is 9.47 Å². The quantitative estimate of drug-likeness (QED) is 0.743. The number of benzene rings is 2. The molecule has 1 unspecified atom stereocenters. The summed E-state index contributed by atoms with van der Waals surface area (Å²) in [6.07, 6.45) is 1.85. The fourth-order valence-electron chi connectivity index (χ4n) is 6.82. The number of rotatable bonds is 1. The lowest BCUT2D eigenvalue weighted by Gasteiger charge is -2.34. The van der Waals surface area contributed by atoms with Gasteiger partial charge in [-0.05, 0) is 47.6 Å². The highest BCUT2D eigenvalue weighted by Crippen LogP contribution is 2.56. The maximum absolute atomic E-state index is 12.6. The number of ether oxygens (including phenoxy) is 2. The molecule has 1 N–H and O–H groups in total. The van der Waals surface area contributed by atoms with Gasteiger partial charge in [0.2, 0.25) is 0 Å². The van der Waals surface area contributed by atoms with Crippen molar-refractivity contribution in [1.82, 2.24) is 9.80 Å². The first-order valence-corrected chi connectivity index (χ1v) is 11.3. The van der Waals surface area contributed by atoms with Crippen LogP contribution in [-0.4, -0.2) is 61.5 Å². The van der Waals surface area contributed by atoms with E-state index in [1.165, 1.54) is 36.5 Å². The molecule has 2 fully saturated rings. The monoisotopic (exact) mass is 433 g/mol. The number of fused-ring (bicyclic) bond motifs is 6. The summed E-state index contributed by atoms with van der Waals surface area (Å²) in [6.45, 7) is 1.36. The van der Waals surface area contributed by atoms with Crippen molar-refractivity contribution in [3.8, 4) is 0 Å². The van der Waals surface area contributed by atoms with Crippen molar-refractivity contribution in [3.63, 3.8) is 0 Å². The Kier molecular flexibility index (Phi) is 4.19. The lowest BCUT2D eigenvalue weighted by atomic mass is 9.71. The van der Waals surface area contributed by atoms with Crippen LogP contribution in [0.3, 0.4) is 0 Å². The SMILES string of the molecule is COC(=O)N1CC[C@H]2c3cccc([C@]45CCN(C(=O)OC)[C@H]4Nc4ccccc45)c3CC21. The van der Waals surface area contributed by atoms with Gasteiger partial charge in [0.1, 0.15) is 6.17 Å². The van der Waals surface area contributed by atoms with Crippen LogP contribution in [0, 0.1) is 0 Å². The van der Waals surface area contributed by atoms with Gasteiger partial charge in [-0.3, -0.25) is 4.90 Å². The molecule has 0 saturated carbocycles. The van der Waals surface area contributed by atoms with Crippen LogP contribution in [0.2, 0.25) is 0 Å². The molecule has 3 aliphatic heterocycles. The van der Waals surface area contributed by atoms with Crippen molar-refractivity contribution in [3.05, 3.63) is 64.7 Å². The molecule has 32 heavy (non-hydrogen) atoms. The van der Waals surface area contributed by atoms with E-state index < -0.39 is 0 Å². The molecule has 0 bridgehead atoms. The van der Waals surface area contributed by atoms with Crippen LogP contribution in [0.15, 0.2) is 42.5 Å². The van der Waals surface area contributed by atoms with E-state index in [1.807, 2.05) is 15.9 Å². The summed E-state index contributed by atoms with van der Waals surface area (Å²) >= 11 is 0. The van der Waals surface area contributed by atoms with E-state index in [1.54, 1.807) is 0 Å². The fourth-order valence-corrected chi connectivity index (χ4v) is 6.82. The number of hydrogen-bond acceptors (Lipinski definition) is 5. The molecule has 4 atom stereocenters. The maximum Gasteiger partial charge on any atom is 0.411 e. The topological polar surface area (TPSA) is 71.1 Å². The van der Waals surface area contributed by atoms with E-state index in [2.05, 4.69) is 41.7 Å². The second-order valence-electron chi connectivity index (χ2n) is 9.18. The Labute approximate surface area is 187 Å². The lowest BCUT2D eigenvalue weighted by molar-refractivity contribution is 0.117. The van der Waals surface area contributed by atoms with Crippen molar-refractivity contribution in [2.75, 3.05) is 32.6 Å². The smallest absolute Gasteiger partial charge is 0.411 e. The van der Waals surface area contributed by atoms with Gasteiger partial charge in [-0.15, -0.1) is 0 Å². The Balaban J connectivity index is 1.49. The van der Waals surface area contributed by atoms with Gasteiger partial charge in [0.15, 0.2) is 0 Å². The molecule has 2 saturated heterocycles. The van der Waals surface area contributed by atoms with Crippen LogP contribution in [0.1, 0.15) is 41.0 Å². The summed E-state index contributed by atoms with van der Waals surface area (Å²) in [7, 11) is 2.89. The van der Waals surface area contributed by atoms with Gasteiger partial charge in [0, 0.05) is 30.7 Å².